The van der Waals surface area contributed by atoms with Crippen molar-refractivity contribution >= 4 is 0 Å². The Morgan fingerprint density at radius 2 is 1.78 bits per heavy atom. The van der Waals surface area contributed by atoms with Crippen LogP contribution in [0.4, 0.5) is 0 Å². The van der Waals surface area contributed by atoms with E-state index in [0.717, 1.165) is 5.56 Å². The normalized spacial score (nSPS) is 10.1. The zero-order valence-corrected chi connectivity index (χ0v) is 10.0. The summed E-state index contributed by atoms with van der Waals surface area (Å²) < 4.78 is 10.7. The Bertz CT molecular complexity index is 494. The molecule has 18 heavy (non-hydrogen) atoms. The minimum Gasteiger partial charge on any atom is -0.504 e. The molecule has 0 amide bonds. The Hall–Kier alpha value is -2.16. The maximum absolute atomic E-state index is 9.77. The lowest BCUT2D eigenvalue weighted by molar-refractivity contribution is 0.286. The minimum atomic E-state index is 0.0666. The molecule has 0 saturated carbocycles. The molecule has 3 nitrogen and oxygen atoms in total. The summed E-state index contributed by atoms with van der Waals surface area (Å²) in [6, 6.07) is 14.7. The summed E-state index contributed by atoms with van der Waals surface area (Å²) in [5.74, 6) is 1.08. The van der Waals surface area contributed by atoms with Crippen LogP contribution in [0.25, 0.3) is 0 Å². The average molecular weight is 243 g/mol. The van der Waals surface area contributed by atoms with Crippen LogP contribution in [0.5, 0.6) is 17.2 Å². The fraction of sp³-hybridized carbons (Fsp3) is 0.133. The number of hydrogen-bond donors (Lipinski definition) is 1. The quantitative estimate of drug-likeness (QED) is 0.876. The standard InChI is InChI=1S/C15H15O3/c1-2-17-13-8-9-15(14(16)10-13)18-11-12-6-4-3-5-7-12/h3-10,16H,1-2,11H2. The van der Waals surface area contributed by atoms with Gasteiger partial charge >= 0.3 is 0 Å². The number of rotatable bonds is 5. The molecular weight excluding hydrogens is 228 g/mol. The third-order valence-corrected chi connectivity index (χ3v) is 2.44. The van der Waals surface area contributed by atoms with Crippen LogP contribution in [0.3, 0.4) is 0 Å². The third-order valence-electron chi connectivity index (χ3n) is 2.44. The zero-order chi connectivity index (χ0) is 12.8. The molecule has 0 spiro atoms. The molecule has 2 aromatic rings. The van der Waals surface area contributed by atoms with E-state index in [4.69, 9.17) is 9.47 Å². The van der Waals surface area contributed by atoms with E-state index in [9.17, 15) is 5.11 Å². The van der Waals surface area contributed by atoms with Gasteiger partial charge < -0.3 is 14.6 Å². The molecule has 0 saturated heterocycles. The van der Waals surface area contributed by atoms with Crippen LogP contribution in [0.2, 0.25) is 0 Å². The van der Waals surface area contributed by atoms with Gasteiger partial charge in [-0.15, -0.1) is 0 Å². The maximum atomic E-state index is 9.77. The van der Waals surface area contributed by atoms with Crippen LogP contribution in [0.15, 0.2) is 48.5 Å². The lowest BCUT2D eigenvalue weighted by atomic mass is 10.2. The fourth-order valence-corrected chi connectivity index (χ4v) is 1.56. The first kappa shape index (κ1) is 12.3. The van der Waals surface area contributed by atoms with Crippen molar-refractivity contribution in [2.45, 2.75) is 6.61 Å². The van der Waals surface area contributed by atoms with Crippen molar-refractivity contribution in [2.75, 3.05) is 6.61 Å². The number of ether oxygens (including phenoxy) is 2. The number of hydrogen-bond acceptors (Lipinski definition) is 3. The van der Waals surface area contributed by atoms with E-state index in [2.05, 4.69) is 6.92 Å². The van der Waals surface area contributed by atoms with Crippen LogP contribution in [0.1, 0.15) is 5.56 Å². The molecular formula is C15H15O3. The summed E-state index contributed by atoms with van der Waals surface area (Å²) in [4.78, 5) is 0. The first-order valence-electron chi connectivity index (χ1n) is 5.71. The van der Waals surface area contributed by atoms with Crippen molar-refractivity contribution in [3.05, 3.63) is 61.0 Å². The smallest absolute Gasteiger partial charge is 0.161 e. The van der Waals surface area contributed by atoms with Gasteiger partial charge in [-0.05, 0) is 24.6 Å². The summed E-state index contributed by atoms with van der Waals surface area (Å²) in [6.07, 6.45) is 0. The van der Waals surface area contributed by atoms with Gasteiger partial charge in [0, 0.05) is 6.07 Å². The monoisotopic (exact) mass is 243 g/mol. The molecule has 0 bridgehead atoms. The number of aromatic hydroxyl groups is 1. The highest BCUT2D eigenvalue weighted by Gasteiger charge is 2.04. The molecule has 0 aromatic heterocycles. The van der Waals surface area contributed by atoms with Gasteiger partial charge in [0.1, 0.15) is 12.4 Å². The van der Waals surface area contributed by atoms with Crippen LogP contribution < -0.4 is 9.47 Å². The van der Waals surface area contributed by atoms with Crippen LogP contribution in [-0.2, 0) is 6.61 Å². The molecule has 0 unspecified atom stereocenters. The summed E-state index contributed by atoms with van der Waals surface area (Å²) >= 11 is 0. The van der Waals surface area contributed by atoms with Crippen molar-refractivity contribution in [1.29, 1.82) is 0 Å². The van der Waals surface area contributed by atoms with Gasteiger partial charge in [-0.2, -0.15) is 0 Å². The third kappa shape index (κ3) is 3.17. The zero-order valence-electron chi connectivity index (χ0n) is 10.0. The second kappa shape index (κ2) is 5.96. The number of benzene rings is 2. The molecule has 0 atom stereocenters. The Balaban J connectivity index is 2.01. The van der Waals surface area contributed by atoms with Gasteiger partial charge in [-0.1, -0.05) is 30.3 Å². The van der Waals surface area contributed by atoms with E-state index in [1.165, 1.54) is 6.07 Å². The molecule has 1 radical (unpaired) electrons. The topological polar surface area (TPSA) is 38.7 Å². The first-order chi connectivity index (χ1) is 8.79. The summed E-state index contributed by atoms with van der Waals surface area (Å²) in [5, 5.41) is 9.77. The maximum Gasteiger partial charge on any atom is 0.161 e. The van der Waals surface area contributed by atoms with Crippen molar-refractivity contribution in [3.8, 4) is 17.2 Å². The van der Waals surface area contributed by atoms with Gasteiger partial charge in [0.15, 0.2) is 11.5 Å². The predicted molar refractivity (Wildman–Crippen MR) is 69.7 cm³/mol. The van der Waals surface area contributed by atoms with E-state index in [1.54, 1.807) is 12.1 Å². The van der Waals surface area contributed by atoms with Crippen molar-refractivity contribution in [2.24, 2.45) is 0 Å². The van der Waals surface area contributed by atoms with Crippen molar-refractivity contribution in [1.82, 2.24) is 0 Å². The van der Waals surface area contributed by atoms with Gasteiger partial charge in [0.05, 0.1) is 6.61 Å². The SMILES string of the molecule is [CH2]COc1ccc(OCc2ccccc2)c(O)c1. The summed E-state index contributed by atoms with van der Waals surface area (Å²) in [6.45, 7) is 4.32. The molecule has 0 aliphatic heterocycles. The molecule has 0 fully saturated rings. The van der Waals surface area contributed by atoms with Gasteiger partial charge in [0.25, 0.3) is 0 Å². The van der Waals surface area contributed by atoms with Crippen LogP contribution in [0, 0.1) is 6.92 Å². The lowest BCUT2D eigenvalue weighted by Crippen LogP contribution is -1.96. The Labute approximate surface area is 107 Å². The molecule has 93 valence electrons. The van der Waals surface area contributed by atoms with Crippen molar-refractivity contribution in [3.63, 3.8) is 0 Å². The number of phenolic OH excluding ortho intramolecular Hbond substituents is 1. The molecule has 2 aromatic carbocycles. The Morgan fingerprint density at radius 3 is 2.44 bits per heavy atom. The molecule has 0 heterocycles. The predicted octanol–water partition coefficient (Wildman–Crippen LogP) is 3.18. The second-order valence-electron chi connectivity index (χ2n) is 3.75. The highest BCUT2D eigenvalue weighted by atomic mass is 16.5. The Morgan fingerprint density at radius 1 is 1.00 bits per heavy atom. The summed E-state index contributed by atoms with van der Waals surface area (Å²) in [7, 11) is 0. The fourth-order valence-electron chi connectivity index (χ4n) is 1.56. The van der Waals surface area contributed by atoms with Gasteiger partial charge in [0.2, 0.25) is 0 Å². The van der Waals surface area contributed by atoms with E-state index >= 15 is 0 Å². The first-order valence-corrected chi connectivity index (χ1v) is 5.71. The second-order valence-corrected chi connectivity index (χ2v) is 3.75. The van der Waals surface area contributed by atoms with E-state index in [-0.39, 0.29) is 5.75 Å². The van der Waals surface area contributed by atoms with Gasteiger partial charge in [-0.25, -0.2) is 0 Å². The van der Waals surface area contributed by atoms with Crippen molar-refractivity contribution < 1.29 is 14.6 Å². The van der Waals surface area contributed by atoms with Crippen LogP contribution in [-0.4, -0.2) is 11.7 Å². The molecule has 2 rings (SSSR count). The lowest BCUT2D eigenvalue weighted by Gasteiger charge is -2.09. The molecule has 0 aliphatic rings. The molecule has 3 heteroatoms. The Kier molecular flexibility index (Phi) is 4.07. The highest BCUT2D eigenvalue weighted by molar-refractivity contribution is 5.44. The molecule has 0 aliphatic carbocycles. The van der Waals surface area contributed by atoms with E-state index < -0.39 is 0 Å². The average Bonchev–Trinajstić information content (AvgIpc) is 2.39. The number of phenols is 1. The minimum absolute atomic E-state index is 0.0666. The largest absolute Gasteiger partial charge is 0.504 e. The van der Waals surface area contributed by atoms with Gasteiger partial charge in [-0.3, -0.25) is 0 Å². The highest BCUT2D eigenvalue weighted by Crippen LogP contribution is 2.30. The summed E-state index contributed by atoms with van der Waals surface area (Å²) in [5.41, 5.74) is 1.05. The van der Waals surface area contributed by atoms with Crippen LogP contribution >= 0.6 is 0 Å². The van der Waals surface area contributed by atoms with E-state index in [1.807, 2.05) is 30.3 Å². The molecule has 1 N–H and O–H groups in total. The van der Waals surface area contributed by atoms with E-state index in [0.29, 0.717) is 24.7 Å².